The van der Waals surface area contributed by atoms with Gasteiger partial charge in [0.1, 0.15) is 0 Å². The molecular weight excluding hydrogens is 419 g/mol. The number of carbonyl (C=O) groups excluding carboxylic acids is 1. The van der Waals surface area contributed by atoms with Crippen LogP contribution in [0.3, 0.4) is 0 Å². The Hall–Kier alpha value is -2.02. The van der Waals surface area contributed by atoms with E-state index in [9.17, 15) is 26.4 Å². The number of alkyl halides is 3. The van der Waals surface area contributed by atoms with Crippen LogP contribution in [0.2, 0.25) is 0 Å². The summed E-state index contributed by atoms with van der Waals surface area (Å²) in [7, 11) is -2.84. The number of aromatic nitrogens is 4. The summed E-state index contributed by atoms with van der Waals surface area (Å²) in [4.78, 5) is 11.2. The molecule has 130 valence electrons. The number of aryl methyl sites for hydroxylation is 1. The molecular formula is C11H9BrF3N5O3S. The van der Waals surface area contributed by atoms with E-state index in [0.29, 0.717) is 12.3 Å². The maximum absolute atomic E-state index is 13.0. The maximum Gasteiger partial charge on any atom is 0.417 e. The van der Waals surface area contributed by atoms with Crippen molar-refractivity contribution in [2.24, 2.45) is 7.05 Å². The molecule has 2 aromatic rings. The number of nitrogens with zero attached hydrogens (tertiary/aromatic N) is 4. The summed E-state index contributed by atoms with van der Waals surface area (Å²) in [6, 6.07) is 1.39. The highest BCUT2D eigenvalue weighted by molar-refractivity contribution is 9.10. The Balaban J connectivity index is 2.58. The number of hydrogen-bond donors (Lipinski definition) is 1. The number of carbonyl (C=O) groups is 1. The average Bonchev–Trinajstić information content (AvgIpc) is 2.81. The summed E-state index contributed by atoms with van der Waals surface area (Å²) in [5.41, 5.74) is -1.68. The van der Waals surface area contributed by atoms with E-state index in [0.717, 1.165) is 10.7 Å². The average molecular weight is 428 g/mol. The van der Waals surface area contributed by atoms with Crippen LogP contribution in [0.25, 0.3) is 0 Å². The Morgan fingerprint density at radius 3 is 2.42 bits per heavy atom. The third-order valence-corrected chi connectivity index (χ3v) is 5.12. The van der Waals surface area contributed by atoms with Gasteiger partial charge in [0.05, 0.1) is 16.0 Å². The Kier molecular flexibility index (Phi) is 4.68. The molecule has 0 unspecified atom stereocenters. The Morgan fingerprint density at radius 1 is 1.33 bits per heavy atom. The van der Waals surface area contributed by atoms with Gasteiger partial charge in [0.25, 0.3) is 5.91 Å². The van der Waals surface area contributed by atoms with Crippen LogP contribution in [0.4, 0.5) is 19.1 Å². The fraction of sp³-hybridized carbons (Fsp3) is 0.273. The van der Waals surface area contributed by atoms with Gasteiger partial charge in [0, 0.05) is 17.8 Å². The zero-order valence-electron chi connectivity index (χ0n) is 12.1. The van der Waals surface area contributed by atoms with Crippen molar-refractivity contribution < 1.29 is 26.4 Å². The van der Waals surface area contributed by atoms with Gasteiger partial charge in [-0.3, -0.25) is 10.1 Å². The lowest BCUT2D eigenvalue weighted by atomic mass is 10.1. The number of benzene rings is 1. The first-order valence-electron chi connectivity index (χ1n) is 6.06. The van der Waals surface area contributed by atoms with Crippen molar-refractivity contribution in [3.63, 3.8) is 0 Å². The van der Waals surface area contributed by atoms with E-state index in [-0.39, 0.29) is 11.5 Å². The zero-order valence-corrected chi connectivity index (χ0v) is 14.5. The van der Waals surface area contributed by atoms with Gasteiger partial charge in [0.2, 0.25) is 5.95 Å². The molecule has 1 heterocycles. The summed E-state index contributed by atoms with van der Waals surface area (Å²) in [6.45, 7) is 0. The highest BCUT2D eigenvalue weighted by Crippen LogP contribution is 2.39. The quantitative estimate of drug-likeness (QED) is 0.797. The fourth-order valence-electron chi connectivity index (χ4n) is 1.82. The molecule has 1 N–H and O–H groups in total. The molecule has 0 saturated carbocycles. The van der Waals surface area contributed by atoms with Crippen molar-refractivity contribution in [3.8, 4) is 0 Å². The predicted octanol–water partition coefficient (Wildman–Crippen LogP) is 1.65. The van der Waals surface area contributed by atoms with Crippen LogP contribution in [-0.4, -0.2) is 40.8 Å². The first-order chi connectivity index (χ1) is 10.9. The number of anilines is 1. The lowest BCUT2D eigenvalue weighted by Crippen LogP contribution is -2.19. The fourth-order valence-corrected chi connectivity index (χ4v) is 4.25. The van der Waals surface area contributed by atoms with Crippen LogP contribution < -0.4 is 5.32 Å². The number of amides is 1. The molecule has 2 rings (SSSR count). The molecule has 0 radical (unpaired) electrons. The minimum Gasteiger partial charge on any atom is -0.289 e. The third kappa shape index (κ3) is 3.56. The summed E-state index contributed by atoms with van der Waals surface area (Å²) >= 11 is 2.79. The smallest absolute Gasteiger partial charge is 0.289 e. The number of tetrazole rings is 1. The van der Waals surface area contributed by atoms with E-state index < -0.39 is 36.9 Å². The minimum absolute atomic E-state index is 0.0623. The maximum atomic E-state index is 13.0. The van der Waals surface area contributed by atoms with Crippen molar-refractivity contribution in [2.75, 3.05) is 11.6 Å². The highest BCUT2D eigenvalue weighted by atomic mass is 79.9. The number of halogens is 4. The van der Waals surface area contributed by atoms with Crippen LogP contribution in [0, 0.1) is 0 Å². The van der Waals surface area contributed by atoms with Gasteiger partial charge in [-0.25, -0.2) is 13.1 Å². The number of hydrogen-bond acceptors (Lipinski definition) is 6. The summed E-state index contributed by atoms with van der Waals surface area (Å²) in [6.07, 6.45) is -4.28. The van der Waals surface area contributed by atoms with Gasteiger partial charge in [-0.1, -0.05) is 5.10 Å². The second kappa shape index (κ2) is 6.12. The first-order valence-corrected chi connectivity index (χ1v) is 8.75. The molecule has 0 saturated heterocycles. The number of sulfone groups is 1. The topological polar surface area (TPSA) is 107 Å². The van der Waals surface area contributed by atoms with Gasteiger partial charge in [-0.05, 0) is 38.5 Å². The Labute approximate surface area is 142 Å². The minimum atomic E-state index is -4.90. The number of rotatable bonds is 3. The van der Waals surface area contributed by atoms with Crippen molar-refractivity contribution in [3.05, 3.63) is 27.7 Å². The molecule has 1 aromatic heterocycles. The highest BCUT2D eigenvalue weighted by Gasteiger charge is 2.38. The van der Waals surface area contributed by atoms with Crippen molar-refractivity contribution in [2.45, 2.75) is 11.1 Å². The van der Waals surface area contributed by atoms with Crippen molar-refractivity contribution in [1.82, 2.24) is 20.2 Å². The van der Waals surface area contributed by atoms with Crippen molar-refractivity contribution >= 4 is 37.6 Å². The largest absolute Gasteiger partial charge is 0.417 e. The number of nitrogens with one attached hydrogen (secondary N) is 1. The molecule has 0 bridgehead atoms. The predicted molar refractivity (Wildman–Crippen MR) is 79.0 cm³/mol. The van der Waals surface area contributed by atoms with Crippen molar-refractivity contribution in [1.29, 1.82) is 0 Å². The van der Waals surface area contributed by atoms with Crippen LogP contribution in [0.15, 0.2) is 21.5 Å². The van der Waals surface area contributed by atoms with E-state index in [4.69, 9.17) is 0 Å². The monoisotopic (exact) mass is 427 g/mol. The van der Waals surface area contributed by atoms with Gasteiger partial charge in [-0.15, -0.1) is 0 Å². The van der Waals surface area contributed by atoms with Gasteiger partial charge < -0.3 is 0 Å². The lowest BCUT2D eigenvalue weighted by molar-refractivity contribution is -0.140. The molecule has 0 spiro atoms. The molecule has 24 heavy (non-hydrogen) atoms. The van der Waals surface area contributed by atoms with Crippen LogP contribution in [0.5, 0.6) is 0 Å². The standard InChI is InChI=1S/C11H9BrF3N5O3S/c1-20-10(17-18-19-20)16-9(21)5-3-4-6(11(13,14)15)8(7(5)12)24(2,22)23/h3-4H,1-2H3,(H,16,17,19,21). The summed E-state index contributed by atoms with van der Waals surface area (Å²) in [5.74, 6) is -0.939. The van der Waals surface area contributed by atoms with E-state index in [2.05, 4.69) is 36.8 Å². The molecule has 0 aliphatic rings. The van der Waals surface area contributed by atoms with Crippen LogP contribution in [-0.2, 0) is 23.1 Å². The summed E-state index contributed by atoms with van der Waals surface area (Å²) < 4.78 is 63.3. The summed E-state index contributed by atoms with van der Waals surface area (Å²) in [5, 5.41) is 12.5. The SMILES string of the molecule is Cn1nnnc1NC(=O)c1ccc(C(F)(F)F)c(S(C)(=O)=O)c1Br. The van der Waals surface area contributed by atoms with Gasteiger partial charge in [-0.2, -0.15) is 13.2 Å². The van der Waals surface area contributed by atoms with Crippen LogP contribution >= 0.6 is 15.9 Å². The second-order valence-electron chi connectivity index (χ2n) is 4.65. The Bertz CT molecular complexity index is 910. The molecule has 0 aliphatic heterocycles. The van der Waals surface area contributed by atoms with E-state index >= 15 is 0 Å². The third-order valence-electron chi connectivity index (χ3n) is 2.86. The van der Waals surface area contributed by atoms with Crippen LogP contribution in [0.1, 0.15) is 15.9 Å². The van der Waals surface area contributed by atoms with E-state index in [1.807, 2.05) is 0 Å². The Morgan fingerprint density at radius 2 is 1.96 bits per heavy atom. The molecule has 0 aliphatic carbocycles. The van der Waals surface area contributed by atoms with Gasteiger partial charge >= 0.3 is 6.18 Å². The normalized spacial score (nSPS) is 12.2. The van der Waals surface area contributed by atoms with E-state index in [1.54, 1.807) is 0 Å². The van der Waals surface area contributed by atoms with Gasteiger partial charge in [0.15, 0.2) is 9.84 Å². The molecule has 0 atom stereocenters. The molecule has 1 amide bonds. The lowest BCUT2D eigenvalue weighted by Gasteiger charge is -2.15. The second-order valence-corrected chi connectivity index (χ2v) is 7.40. The molecule has 13 heteroatoms. The van der Waals surface area contributed by atoms with E-state index in [1.165, 1.54) is 7.05 Å². The molecule has 8 nitrogen and oxygen atoms in total. The first kappa shape index (κ1) is 18.3. The molecule has 0 fully saturated rings. The molecule has 1 aromatic carbocycles. The zero-order chi connectivity index (χ0) is 18.3.